The number of rotatable bonds is 1. The van der Waals surface area contributed by atoms with Crippen LogP contribution in [0.5, 0.6) is 0 Å². The molecule has 1 aliphatic rings. The van der Waals surface area contributed by atoms with Gasteiger partial charge in [-0.15, -0.1) is 6.58 Å². The Morgan fingerprint density at radius 2 is 2.20 bits per heavy atom. The third kappa shape index (κ3) is 1.95. The van der Waals surface area contributed by atoms with E-state index in [0.717, 1.165) is 12.8 Å². The van der Waals surface area contributed by atoms with Crippen molar-refractivity contribution in [1.82, 2.24) is 0 Å². The molecule has 2 heteroatoms. The average Bonchev–Trinajstić information content (AvgIpc) is 1.95. The van der Waals surface area contributed by atoms with Crippen LogP contribution in [0.15, 0.2) is 12.7 Å². The normalized spacial score (nSPS) is 41.2. The number of hydrogen-bond donors (Lipinski definition) is 1. The lowest BCUT2D eigenvalue weighted by Crippen LogP contribution is -2.28. The van der Waals surface area contributed by atoms with Crippen molar-refractivity contribution in [3.05, 3.63) is 12.7 Å². The minimum absolute atomic E-state index is 0.0997. The summed E-state index contributed by atoms with van der Waals surface area (Å²) < 4.78 is 0.466. The molecule has 3 unspecified atom stereocenters. The van der Waals surface area contributed by atoms with Gasteiger partial charge in [-0.3, -0.25) is 0 Å². The van der Waals surface area contributed by atoms with Gasteiger partial charge in [0.25, 0.3) is 0 Å². The number of hydrogen-bond acceptors (Lipinski definition) is 1. The highest BCUT2D eigenvalue weighted by Crippen LogP contribution is 2.29. The summed E-state index contributed by atoms with van der Waals surface area (Å²) in [5, 5.41) is 9.42. The second kappa shape index (κ2) is 3.72. The molecular weight excluding hydrogens is 239 g/mol. The molecule has 0 bridgehead atoms. The van der Waals surface area contributed by atoms with Crippen LogP contribution in [-0.2, 0) is 0 Å². The zero-order valence-corrected chi connectivity index (χ0v) is 8.12. The molecule has 1 aliphatic carbocycles. The number of allylic oxidation sites excluding steroid dienone is 1. The van der Waals surface area contributed by atoms with E-state index in [2.05, 4.69) is 29.2 Å². The second-order valence-electron chi connectivity index (χ2n) is 2.89. The summed E-state index contributed by atoms with van der Waals surface area (Å²) in [5.41, 5.74) is 0. The summed E-state index contributed by atoms with van der Waals surface area (Å²) in [4.78, 5) is 0. The van der Waals surface area contributed by atoms with Gasteiger partial charge in [0.15, 0.2) is 0 Å². The van der Waals surface area contributed by atoms with Gasteiger partial charge in [0.1, 0.15) is 0 Å². The first-order chi connectivity index (χ1) is 4.74. The number of aliphatic hydroxyl groups excluding tert-OH is 1. The van der Waals surface area contributed by atoms with Gasteiger partial charge in [-0.05, 0) is 25.2 Å². The fraction of sp³-hybridized carbons (Fsp3) is 0.750. The summed E-state index contributed by atoms with van der Waals surface area (Å²) in [6.07, 6.45) is 5.12. The highest BCUT2D eigenvalue weighted by molar-refractivity contribution is 14.1. The standard InChI is InChI=1S/C8H13IO/c1-2-6-3-4-7(9)8(10)5-6/h2,6-8,10H,1,3-5H2. The van der Waals surface area contributed by atoms with Crippen molar-refractivity contribution in [1.29, 1.82) is 0 Å². The zero-order valence-electron chi connectivity index (χ0n) is 5.96. The van der Waals surface area contributed by atoms with Crippen LogP contribution in [0.25, 0.3) is 0 Å². The predicted octanol–water partition coefficient (Wildman–Crippen LogP) is 2.14. The summed E-state index contributed by atoms with van der Waals surface area (Å²) >= 11 is 2.32. The zero-order chi connectivity index (χ0) is 7.56. The smallest absolute Gasteiger partial charge is 0.0663 e. The van der Waals surface area contributed by atoms with Gasteiger partial charge in [0.05, 0.1) is 6.10 Å². The second-order valence-corrected chi connectivity index (χ2v) is 4.49. The molecule has 58 valence electrons. The molecule has 0 aromatic heterocycles. The monoisotopic (exact) mass is 252 g/mol. The van der Waals surface area contributed by atoms with Crippen LogP contribution in [0.4, 0.5) is 0 Å². The lowest BCUT2D eigenvalue weighted by Gasteiger charge is -2.27. The molecule has 0 amide bonds. The largest absolute Gasteiger partial charge is 0.392 e. The Morgan fingerprint density at radius 1 is 1.50 bits per heavy atom. The summed E-state index contributed by atoms with van der Waals surface area (Å²) in [6, 6.07) is 0. The van der Waals surface area contributed by atoms with E-state index < -0.39 is 0 Å². The van der Waals surface area contributed by atoms with Crippen molar-refractivity contribution in [2.75, 3.05) is 0 Å². The van der Waals surface area contributed by atoms with E-state index in [1.54, 1.807) is 0 Å². The first-order valence-corrected chi connectivity index (χ1v) is 4.93. The molecule has 0 saturated heterocycles. The first kappa shape index (κ1) is 8.53. The van der Waals surface area contributed by atoms with Gasteiger partial charge >= 0.3 is 0 Å². The molecule has 1 nitrogen and oxygen atoms in total. The van der Waals surface area contributed by atoms with E-state index in [1.165, 1.54) is 6.42 Å². The Balaban J connectivity index is 2.40. The van der Waals surface area contributed by atoms with E-state index in [-0.39, 0.29) is 6.10 Å². The molecule has 0 heterocycles. The summed E-state index contributed by atoms with van der Waals surface area (Å²) in [7, 11) is 0. The van der Waals surface area contributed by atoms with Gasteiger partial charge in [-0.25, -0.2) is 0 Å². The molecular formula is C8H13IO. The fourth-order valence-corrected chi connectivity index (χ4v) is 2.01. The Labute approximate surface area is 75.7 Å². The van der Waals surface area contributed by atoms with Crippen LogP contribution in [-0.4, -0.2) is 15.1 Å². The maximum Gasteiger partial charge on any atom is 0.0663 e. The van der Waals surface area contributed by atoms with Crippen LogP contribution >= 0.6 is 22.6 Å². The van der Waals surface area contributed by atoms with Crippen molar-refractivity contribution in [3.8, 4) is 0 Å². The van der Waals surface area contributed by atoms with Crippen molar-refractivity contribution in [2.24, 2.45) is 5.92 Å². The van der Waals surface area contributed by atoms with Gasteiger partial charge in [-0.1, -0.05) is 28.7 Å². The lowest BCUT2D eigenvalue weighted by atomic mass is 9.87. The van der Waals surface area contributed by atoms with Crippen LogP contribution in [0, 0.1) is 5.92 Å². The van der Waals surface area contributed by atoms with Gasteiger partial charge < -0.3 is 5.11 Å². The highest BCUT2D eigenvalue weighted by atomic mass is 127. The van der Waals surface area contributed by atoms with Gasteiger partial charge in [0.2, 0.25) is 0 Å². The number of halogens is 1. The van der Waals surface area contributed by atoms with Crippen LogP contribution in [0.1, 0.15) is 19.3 Å². The van der Waals surface area contributed by atoms with E-state index in [1.807, 2.05) is 6.08 Å². The van der Waals surface area contributed by atoms with E-state index >= 15 is 0 Å². The Bertz CT molecular complexity index is 124. The third-order valence-electron chi connectivity index (χ3n) is 2.11. The minimum Gasteiger partial charge on any atom is -0.392 e. The molecule has 3 atom stereocenters. The molecule has 1 N–H and O–H groups in total. The Hall–Kier alpha value is 0.430. The molecule has 10 heavy (non-hydrogen) atoms. The predicted molar refractivity (Wildman–Crippen MR) is 51.4 cm³/mol. The molecule has 0 aliphatic heterocycles. The quantitative estimate of drug-likeness (QED) is 0.430. The number of aliphatic hydroxyl groups is 1. The van der Waals surface area contributed by atoms with Gasteiger partial charge in [-0.2, -0.15) is 0 Å². The third-order valence-corrected chi connectivity index (χ3v) is 3.56. The summed E-state index contributed by atoms with van der Waals surface area (Å²) in [6.45, 7) is 3.73. The molecule has 1 fully saturated rings. The molecule has 1 saturated carbocycles. The van der Waals surface area contributed by atoms with Crippen LogP contribution in [0.3, 0.4) is 0 Å². The van der Waals surface area contributed by atoms with Crippen LogP contribution in [0.2, 0.25) is 0 Å². The highest BCUT2D eigenvalue weighted by Gasteiger charge is 2.24. The van der Waals surface area contributed by atoms with E-state index in [4.69, 9.17) is 0 Å². The van der Waals surface area contributed by atoms with E-state index in [9.17, 15) is 5.11 Å². The topological polar surface area (TPSA) is 20.2 Å². The molecule has 0 aromatic carbocycles. The SMILES string of the molecule is C=CC1CCC(I)C(O)C1. The number of alkyl halides is 1. The van der Waals surface area contributed by atoms with Crippen molar-refractivity contribution < 1.29 is 5.11 Å². The maximum absolute atomic E-state index is 9.42. The Morgan fingerprint density at radius 3 is 2.70 bits per heavy atom. The lowest BCUT2D eigenvalue weighted by molar-refractivity contribution is 0.125. The van der Waals surface area contributed by atoms with E-state index in [0.29, 0.717) is 9.84 Å². The van der Waals surface area contributed by atoms with Crippen molar-refractivity contribution >= 4 is 22.6 Å². The molecule has 0 spiro atoms. The summed E-state index contributed by atoms with van der Waals surface area (Å²) in [5.74, 6) is 0.556. The van der Waals surface area contributed by atoms with Crippen molar-refractivity contribution in [2.45, 2.75) is 29.3 Å². The molecule has 1 rings (SSSR count). The molecule has 0 radical (unpaired) electrons. The average molecular weight is 252 g/mol. The van der Waals surface area contributed by atoms with Gasteiger partial charge in [0, 0.05) is 3.92 Å². The van der Waals surface area contributed by atoms with Crippen LogP contribution < -0.4 is 0 Å². The fourth-order valence-electron chi connectivity index (χ4n) is 1.36. The first-order valence-electron chi connectivity index (χ1n) is 3.68. The maximum atomic E-state index is 9.42. The molecule has 0 aromatic rings. The Kier molecular flexibility index (Phi) is 3.17. The van der Waals surface area contributed by atoms with Crippen molar-refractivity contribution in [3.63, 3.8) is 0 Å². The minimum atomic E-state index is -0.0997.